The molecule has 1 rings (SSSR count). The van der Waals surface area contributed by atoms with E-state index in [0.717, 1.165) is 12.1 Å². The van der Waals surface area contributed by atoms with Gasteiger partial charge in [0.25, 0.3) is 5.91 Å². The fourth-order valence-corrected chi connectivity index (χ4v) is 0.961. The van der Waals surface area contributed by atoms with Crippen LogP contribution in [0, 0.1) is 5.82 Å². The summed E-state index contributed by atoms with van der Waals surface area (Å²) in [7, 11) is -1.90. The molecule has 0 fully saturated rings. The van der Waals surface area contributed by atoms with Crippen LogP contribution in [0.5, 0.6) is 0 Å². The van der Waals surface area contributed by atoms with Crippen LogP contribution in [0.1, 0.15) is 10.4 Å². The lowest BCUT2D eigenvalue weighted by molar-refractivity contribution is 0.0953. The molecule has 0 atom stereocenters. The molecule has 0 radical (unpaired) electrons. The van der Waals surface area contributed by atoms with Gasteiger partial charge in [-0.05, 0) is 12.1 Å². The van der Waals surface area contributed by atoms with E-state index >= 15 is 0 Å². The zero-order valence-electron chi connectivity index (χ0n) is 7.07. The number of hydrogen-bond donors (Lipinski definition) is 4. The highest BCUT2D eigenvalue weighted by molar-refractivity contribution is 6.58. The molecule has 0 aromatic heterocycles. The minimum absolute atomic E-state index is 0.00870. The molecule has 0 aliphatic rings. The normalized spacial score (nSPS) is 9.71. The van der Waals surface area contributed by atoms with Gasteiger partial charge in [0.2, 0.25) is 0 Å². The van der Waals surface area contributed by atoms with Crippen LogP contribution < -0.4 is 16.7 Å². The van der Waals surface area contributed by atoms with Crippen molar-refractivity contribution in [2.45, 2.75) is 0 Å². The second-order valence-corrected chi connectivity index (χ2v) is 2.58. The monoisotopic (exact) mass is 198 g/mol. The van der Waals surface area contributed by atoms with Gasteiger partial charge in [-0.1, -0.05) is 6.07 Å². The number of amides is 1. The summed E-state index contributed by atoms with van der Waals surface area (Å²) in [6.45, 7) is 0. The van der Waals surface area contributed by atoms with Crippen LogP contribution >= 0.6 is 0 Å². The third kappa shape index (κ3) is 2.08. The molecule has 14 heavy (non-hydrogen) atoms. The van der Waals surface area contributed by atoms with E-state index in [2.05, 4.69) is 0 Å². The molecule has 1 aromatic carbocycles. The van der Waals surface area contributed by atoms with Crippen molar-refractivity contribution < 1.29 is 19.2 Å². The van der Waals surface area contributed by atoms with Crippen LogP contribution in [0.3, 0.4) is 0 Å². The van der Waals surface area contributed by atoms with E-state index in [1.54, 1.807) is 0 Å². The Kier molecular flexibility index (Phi) is 3.18. The van der Waals surface area contributed by atoms with Crippen LogP contribution in [0.15, 0.2) is 18.2 Å². The van der Waals surface area contributed by atoms with E-state index in [4.69, 9.17) is 15.9 Å². The highest BCUT2D eigenvalue weighted by atomic mass is 19.1. The van der Waals surface area contributed by atoms with E-state index in [1.807, 2.05) is 5.43 Å². The van der Waals surface area contributed by atoms with Gasteiger partial charge in [-0.3, -0.25) is 10.2 Å². The molecule has 0 unspecified atom stereocenters. The fraction of sp³-hybridized carbons (Fsp3) is 0. The minimum Gasteiger partial charge on any atom is -0.423 e. The van der Waals surface area contributed by atoms with Crippen LogP contribution in [0.4, 0.5) is 4.39 Å². The van der Waals surface area contributed by atoms with Crippen molar-refractivity contribution in [2.24, 2.45) is 5.84 Å². The van der Waals surface area contributed by atoms with E-state index < -0.39 is 18.8 Å². The number of nitrogens with two attached hydrogens (primary N) is 1. The van der Waals surface area contributed by atoms with Gasteiger partial charge in [0.05, 0.1) is 0 Å². The maximum absolute atomic E-state index is 13.1. The molecule has 5 N–H and O–H groups in total. The highest BCUT2D eigenvalue weighted by Gasteiger charge is 2.17. The molecule has 5 nitrogen and oxygen atoms in total. The number of hydrogen-bond acceptors (Lipinski definition) is 4. The first-order chi connectivity index (χ1) is 6.56. The number of carbonyl (C=O) groups excluding carboxylic acids is 1. The average molecular weight is 198 g/mol. The van der Waals surface area contributed by atoms with Crippen LogP contribution in [-0.2, 0) is 0 Å². The van der Waals surface area contributed by atoms with Crippen molar-refractivity contribution in [3.8, 4) is 0 Å². The average Bonchev–Trinajstić information content (AvgIpc) is 2.15. The molecule has 1 aromatic rings. The van der Waals surface area contributed by atoms with Crippen LogP contribution in [0.2, 0.25) is 0 Å². The van der Waals surface area contributed by atoms with Crippen molar-refractivity contribution in [3.63, 3.8) is 0 Å². The molecule has 74 valence electrons. The summed E-state index contributed by atoms with van der Waals surface area (Å²) in [5.41, 5.74) is 1.54. The molecule has 0 aliphatic carbocycles. The Morgan fingerprint density at radius 2 is 2.14 bits per heavy atom. The maximum Gasteiger partial charge on any atom is 0.491 e. The quantitative estimate of drug-likeness (QED) is 0.193. The summed E-state index contributed by atoms with van der Waals surface area (Å²) in [5.74, 6) is 3.31. The Labute approximate surface area is 79.5 Å². The molecular weight excluding hydrogens is 190 g/mol. The lowest BCUT2D eigenvalue weighted by Crippen LogP contribution is -2.34. The van der Waals surface area contributed by atoms with E-state index in [9.17, 15) is 9.18 Å². The highest BCUT2D eigenvalue weighted by Crippen LogP contribution is 2.01. The molecule has 0 saturated carbocycles. The van der Waals surface area contributed by atoms with Crippen molar-refractivity contribution in [1.29, 1.82) is 0 Å². The first-order valence-corrected chi connectivity index (χ1v) is 3.72. The molecule has 0 bridgehead atoms. The molecule has 0 spiro atoms. The maximum atomic E-state index is 13.1. The number of nitrogen functional groups attached to an aromatic ring is 1. The van der Waals surface area contributed by atoms with Crippen molar-refractivity contribution in [3.05, 3.63) is 29.6 Å². The molecule has 1 amide bonds. The second-order valence-electron chi connectivity index (χ2n) is 2.58. The van der Waals surface area contributed by atoms with Crippen LogP contribution in [-0.4, -0.2) is 23.1 Å². The van der Waals surface area contributed by atoms with Gasteiger partial charge >= 0.3 is 7.12 Å². The van der Waals surface area contributed by atoms with E-state index in [0.29, 0.717) is 0 Å². The fourth-order valence-electron chi connectivity index (χ4n) is 0.961. The Morgan fingerprint density at radius 3 is 2.57 bits per heavy atom. The van der Waals surface area contributed by atoms with Gasteiger partial charge in [0, 0.05) is 11.0 Å². The Balaban J connectivity index is 3.06. The third-order valence-corrected chi connectivity index (χ3v) is 1.67. The molecule has 0 aliphatic heterocycles. The molecule has 0 heterocycles. The molecule has 7 heteroatoms. The molecular formula is C7H8BFN2O3. The summed E-state index contributed by atoms with van der Waals surface area (Å²) in [5, 5.41) is 17.4. The van der Waals surface area contributed by atoms with Crippen molar-refractivity contribution >= 4 is 18.5 Å². The summed E-state index contributed by atoms with van der Waals surface area (Å²) in [6.07, 6.45) is 0. The van der Waals surface area contributed by atoms with Gasteiger partial charge in [-0.15, -0.1) is 0 Å². The number of benzene rings is 1. The summed E-state index contributed by atoms with van der Waals surface area (Å²) in [6, 6.07) is 3.21. The number of carbonyl (C=O) groups is 1. The summed E-state index contributed by atoms with van der Waals surface area (Å²) < 4.78 is 13.1. The largest absolute Gasteiger partial charge is 0.491 e. The van der Waals surface area contributed by atoms with Gasteiger partial charge in [-0.2, -0.15) is 0 Å². The van der Waals surface area contributed by atoms with Crippen molar-refractivity contribution in [2.75, 3.05) is 0 Å². The lowest BCUT2D eigenvalue weighted by atomic mass is 9.79. The number of rotatable bonds is 2. The number of halogens is 1. The zero-order chi connectivity index (χ0) is 10.7. The van der Waals surface area contributed by atoms with E-state index in [-0.39, 0.29) is 11.0 Å². The second kappa shape index (κ2) is 4.18. The standard InChI is InChI=1S/C7H8BFN2O3/c9-6-3-4(7(12)11-10)1-2-5(6)8(13)14/h1-3,13-14H,10H2,(H,11,12). The predicted molar refractivity (Wildman–Crippen MR) is 47.9 cm³/mol. The van der Waals surface area contributed by atoms with E-state index in [1.165, 1.54) is 6.07 Å². The van der Waals surface area contributed by atoms with Crippen molar-refractivity contribution in [1.82, 2.24) is 5.43 Å². The van der Waals surface area contributed by atoms with Gasteiger partial charge < -0.3 is 10.0 Å². The smallest absolute Gasteiger partial charge is 0.423 e. The Bertz CT molecular complexity index is 359. The summed E-state index contributed by atoms with van der Waals surface area (Å²) in [4.78, 5) is 10.9. The number of hydrazine groups is 1. The van der Waals surface area contributed by atoms with Gasteiger partial charge in [0.1, 0.15) is 5.82 Å². The number of nitrogens with one attached hydrogen (secondary N) is 1. The zero-order valence-corrected chi connectivity index (χ0v) is 7.07. The molecule has 0 saturated heterocycles. The Morgan fingerprint density at radius 1 is 1.50 bits per heavy atom. The van der Waals surface area contributed by atoms with Crippen LogP contribution in [0.25, 0.3) is 0 Å². The van der Waals surface area contributed by atoms with Gasteiger partial charge in [0.15, 0.2) is 0 Å². The minimum atomic E-state index is -1.90. The predicted octanol–water partition coefficient (Wildman–Crippen LogP) is -1.89. The lowest BCUT2D eigenvalue weighted by Gasteiger charge is -2.03. The first-order valence-electron chi connectivity index (χ1n) is 3.72. The Hall–Kier alpha value is -1.44. The summed E-state index contributed by atoms with van der Waals surface area (Å²) >= 11 is 0. The topological polar surface area (TPSA) is 95.6 Å². The van der Waals surface area contributed by atoms with Gasteiger partial charge in [-0.25, -0.2) is 10.2 Å². The first kappa shape index (κ1) is 10.6. The third-order valence-electron chi connectivity index (χ3n) is 1.67. The SMILES string of the molecule is NNC(=O)c1ccc(B(O)O)c(F)c1.